The van der Waals surface area contributed by atoms with Gasteiger partial charge in [-0.3, -0.25) is 0 Å². The molecule has 10 rings (SSSR count). The van der Waals surface area contributed by atoms with Crippen molar-refractivity contribution in [2.45, 2.75) is 134 Å². The third-order valence-corrected chi connectivity index (χ3v) is 18.9. The van der Waals surface area contributed by atoms with Crippen molar-refractivity contribution in [3.8, 4) is 46.0 Å². The number of carbonyl (C=O) groups is 2. The fraction of sp³-hybridized carbons (Fsp3) is 0.363. The van der Waals surface area contributed by atoms with Crippen LogP contribution in [0.2, 0.25) is 0 Å². The lowest BCUT2D eigenvalue weighted by Crippen LogP contribution is -2.25. The highest BCUT2D eigenvalue weighted by Crippen LogP contribution is 2.38. The van der Waals surface area contributed by atoms with Crippen LogP contribution in [-0.2, 0) is 50.2 Å². The summed E-state index contributed by atoms with van der Waals surface area (Å²) < 4.78 is 66.7. The Kier molecular flexibility index (Phi) is 30.9. The Hall–Kier alpha value is -10.4. The monoisotopic (exact) mass is 1500 g/mol. The minimum Gasteiger partial charge on any atom is -0.508 e. The number of hydrogen-bond donors (Lipinski definition) is 5. The van der Waals surface area contributed by atoms with Crippen molar-refractivity contribution in [3.05, 3.63) is 287 Å². The lowest BCUT2D eigenvalue weighted by Gasteiger charge is -2.27. The summed E-state index contributed by atoms with van der Waals surface area (Å²) in [5, 5.41) is 49.6. The normalized spacial score (nSPS) is 14.8. The van der Waals surface area contributed by atoms with E-state index in [1.165, 1.54) is 22.3 Å². The number of rotatable bonds is 39. The first-order chi connectivity index (χ1) is 52.3. The molecule has 0 aromatic heterocycles. The number of benzene rings is 8. The van der Waals surface area contributed by atoms with E-state index in [0.29, 0.717) is 53.3 Å². The maximum Gasteiger partial charge on any atom is 0.333 e. The van der Waals surface area contributed by atoms with Crippen LogP contribution in [0.1, 0.15) is 121 Å². The van der Waals surface area contributed by atoms with Crippen molar-refractivity contribution in [2.24, 2.45) is 0 Å². The lowest BCUT2D eigenvalue weighted by molar-refractivity contribution is -0.143. The maximum absolute atomic E-state index is 11.5. The van der Waals surface area contributed by atoms with Gasteiger partial charge in [-0.1, -0.05) is 179 Å². The highest BCUT2D eigenvalue weighted by Gasteiger charge is 2.29. The molecule has 0 bridgehead atoms. The first kappa shape index (κ1) is 85.2. The molecule has 5 N–H and O–H groups in total. The Morgan fingerprint density at radius 3 is 0.618 bits per heavy atom. The van der Waals surface area contributed by atoms with E-state index in [2.05, 4.69) is 130 Å². The summed E-state index contributed by atoms with van der Waals surface area (Å²) in [6, 6.07) is 63.3. The second kappa shape index (κ2) is 39.8. The molecule has 4 unspecified atom stereocenters. The molecule has 2 aliphatic heterocycles. The van der Waals surface area contributed by atoms with Crippen LogP contribution in [0.15, 0.2) is 243 Å². The van der Waals surface area contributed by atoms with Gasteiger partial charge in [-0.05, 0) is 168 Å². The SMILES string of the molecule is C=C(C)C(=C)O.C=C(C)C(=O)OCC(O)COc1ccc(C(C)(C)c2ccc(OCC(O)COc3ccc(C(C)(C)c4ccc(OCC(O)COC(=O)C(=C)C)cc4)cc3)cc2)cc1.CC(C)(c1ccc(OCC(O)COc2ccc(C(C)(C)c3ccc(OCC4CO4)cc3)cc2)cc1)c1ccc(OCC2CO2)cc1. The third kappa shape index (κ3) is 26.4. The molecule has 8 aromatic carbocycles. The molecule has 586 valence electrons. The van der Waals surface area contributed by atoms with Gasteiger partial charge in [0, 0.05) is 32.8 Å². The molecule has 110 heavy (non-hydrogen) atoms. The van der Waals surface area contributed by atoms with Crippen molar-refractivity contribution < 1.29 is 92.0 Å². The van der Waals surface area contributed by atoms with Crippen LogP contribution in [0, 0.1) is 0 Å². The minimum absolute atomic E-state index is 0.0220. The lowest BCUT2D eigenvalue weighted by atomic mass is 9.78. The molecule has 19 nitrogen and oxygen atoms in total. The van der Waals surface area contributed by atoms with Gasteiger partial charge in [0.05, 0.1) is 13.2 Å². The number of carbonyl (C=O) groups excluding carboxylic acids is 2. The number of hydrogen-bond acceptors (Lipinski definition) is 19. The van der Waals surface area contributed by atoms with E-state index in [1.54, 1.807) is 20.8 Å². The van der Waals surface area contributed by atoms with Crippen LogP contribution in [-0.4, -0.2) is 153 Å². The molecule has 2 heterocycles. The summed E-state index contributed by atoms with van der Waals surface area (Å²) in [5.74, 6) is 4.48. The van der Waals surface area contributed by atoms with Crippen molar-refractivity contribution in [2.75, 3.05) is 79.3 Å². The predicted molar refractivity (Wildman–Crippen MR) is 426 cm³/mol. The molecule has 0 amide bonds. The Morgan fingerprint density at radius 2 is 0.473 bits per heavy atom. The smallest absolute Gasteiger partial charge is 0.333 e. The largest absolute Gasteiger partial charge is 0.508 e. The molecule has 19 heteroatoms. The van der Waals surface area contributed by atoms with E-state index in [-0.39, 0.29) is 104 Å². The summed E-state index contributed by atoms with van der Waals surface area (Å²) in [4.78, 5) is 23.0. The van der Waals surface area contributed by atoms with Crippen molar-refractivity contribution in [1.82, 2.24) is 0 Å². The Labute approximate surface area is 647 Å². The van der Waals surface area contributed by atoms with Gasteiger partial charge < -0.3 is 82.4 Å². The number of aliphatic hydroxyl groups is 5. The second-order valence-corrected chi connectivity index (χ2v) is 29.7. The Bertz CT molecular complexity index is 3960. The van der Waals surface area contributed by atoms with Gasteiger partial charge >= 0.3 is 11.9 Å². The Balaban J connectivity index is 0.000000262. The zero-order valence-corrected chi connectivity index (χ0v) is 65.2. The fourth-order valence-corrected chi connectivity index (χ4v) is 11.1. The highest BCUT2D eigenvalue weighted by molar-refractivity contribution is 5.87. The molecule has 2 aliphatic rings. The molecule has 4 atom stereocenters. The van der Waals surface area contributed by atoms with Gasteiger partial charge in [0.2, 0.25) is 0 Å². The van der Waals surface area contributed by atoms with Crippen molar-refractivity contribution in [1.29, 1.82) is 0 Å². The van der Waals surface area contributed by atoms with E-state index in [4.69, 9.17) is 61.9 Å². The zero-order chi connectivity index (χ0) is 79.8. The third-order valence-electron chi connectivity index (χ3n) is 18.9. The molecule has 0 radical (unpaired) electrons. The van der Waals surface area contributed by atoms with Gasteiger partial charge in [0.25, 0.3) is 0 Å². The number of epoxide rings is 2. The van der Waals surface area contributed by atoms with E-state index in [9.17, 15) is 30.0 Å². The van der Waals surface area contributed by atoms with Crippen LogP contribution in [0.4, 0.5) is 0 Å². The first-order valence-corrected chi connectivity index (χ1v) is 36.8. The Morgan fingerprint density at radius 1 is 0.318 bits per heavy atom. The minimum atomic E-state index is -0.963. The standard InChI is InChI=1S/C47H56O11.C39H44O7.C5H8O/c1-31(2)44(51)57-29-38(49)27-55-42-21-13-35(14-22-42)46(5,6)33-9-17-40(18-10-33)53-25-37(48)26-54-41-19-11-34(12-20-41)47(7,8)36-15-23-43(24-16-36)56-28-39(50)30-58-45(52)32(3)4;1-38(2,29-9-17-34(18-10-29)43-23-36-25-45-36)27-5-13-32(14-6-27)41-21-31(40)22-42-33-15-7-28(8-16-33)39(3,4)30-11-19-35(20-12-30)44-24-37-26-46-37;1-4(2)5(3)6/h9-24,37-39,48-50H,1,3,25-30H2,2,4-8H3;5-20,31,36-37,40H,21-26H2,1-4H3;6H,1,3H2,2H3. The predicted octanol–water partition coefficient (Wildman–Crippen LogP) is 15.2. The summed E-state index contributed by atoms with van der Waals surface area (Å²) in [6.07, 6.45) is -3.07. The summed E-state index contributed by atoms with van der Waals surface area (Å²) in [7, 11) is 0. The highest BCUT2D eigenvalue weighted by atomic mass is 16.6. The fourth-order valence-electron chi connectivity index (χ4n) is 11.1. The van der Waals surface area contributed by atoms with E-state index < -0.39 is 36.4 Å². The van der Waals surface area contributed by atoms with Gasteiger partial charge in [0.15, 0.2) is 0 Å². The van der Waals surface area contributed by atoms with Gasteiger partial charge in [-0.25, -0.2) is 9.59 Å². The summed E-state index contributed by atoms with van der Waals surface area (Å²) in [6.45, 7) is 38.5. The zero-order valence-electron chi connectivity index (χ0n) is 65.2. The van der Waals surface area contributed by atoms with Crippen molar-refractivity contribution >= 4 is 11.9 Å². The molecule has 0 aliphatic carbocycles. The van der Waals surface area contributed by atoms with Crippen molar-refractivity contribution in [3.63, 3.8) is 0 Å². The first-order valence-electron chi connectivity index (χ1n) is 36.8. The summed E-state index contributed by atoms with van der Waals surface area (Å²) >= 11 is 0. The molecular weight excluding hydrogens is 1400 g/mol. The van der Waals surface area contributed by atoms with Crippen LogP contribution in [0.3, 0.4) is 0 Å². The van der Waals surface area contributed by atoms with Gasteiger partial charge in [0.1, 0.15) is 154 Å². The van der Waals surface area contributed by atoms with Crippen LogP contribution >= 0.6 is 0 Å². The molecule has 8 aromatic rings. The quantitative estimate of drug-likeness (QED) is 0.00789. The number of esters is 2. The molecular formula is C91H108O19. The van der Waals surface area contributed by atoms with E-state index >= 15 is 0 Å². The number of allylic oxidation sites excluding steroid dienone is 1. The number of aliphatic hydroxyl groups excluding tert-OH is 5. The maximum atomic E-state index is 11.5. The average Bonchev–Trinajstić information content (AvgIpc) is 1.35. The van der Waals surface area contributed by atoms with Gasteiger partial charge in [-0.2, -0.15) is 0 Å². The molecule has 2 fully saturated rings. The van der Waals surface area contributed by atoms with E-state index in [1.807, 2.05) is 146 Å². The molecule has 2 saturated heterocycles. The molecule has 0 saturated carbocycles. The van der Waals surface area contributed by atoms with Crippen LogP contribution < -0.4 is 37.9 Å². The molecule has 0 spiro atoms. The topological polar surface area (TPSA) is 253 Å². The number of ether oxygens (including phenoxy) is 12. The van der Waals surface area contributed by atoms with Crippen LogP contribution in [0.25, 0.3) is 0 Å². The van der Waals surface area contributed by atoms with Gasteiger partial charge in [-0.15, -0.1) is 0 Å². The summed E-state index contributed by atoms with van der Waals surface area (Å²) in [5.41, 5.74) is 9.08. The second-order valence-electron chi connectivity index (χ2n) is 29.7. The van der Waals surface area contributed by atoms with E-state index in [0.717, 1.165) is 47.0 Å². The van der Waals surface area contributed by atoms with Crippen LogP contribution in [0.5, 0.6) is 46.0 Å². The average molecular weight is 1510 g/mol.